The molecule has 0 bridgehead atoms. The average molecular weight is 281 g/mol. The largest absolute Gasteiger partial charge is 0.336 e. The van der Waals surface area contributed by atoms with E-state index in [-0.39, 0.29) is 18.4 Å². The Balaban J connectivity index is 0.00000162. The lowest BCUT2D eigenvalue weighted by Crippen LogP contribution is -2.57. The molecule has 1 aromatic carbocycles. The first-order valence-corrected chi connectivity index (χ1v) is 5.13. The molecule has 0 atom stereocenters. The highest BCUT2D eigenvalue weighted by Crippen LogP contribution is 2.18. The van der Waals surface area contributed by atoms with Gasteiger partial charge in [-0.25, -0.2) is 13.2 Å². The topological polar surface area (TPSA) is 32.3 Å². The Labute approximate surface area is 108 Å². The molecule has 18 heavy (non-hydrogen) atoms. The summed E-state index contributed by atoms with van der Waals surface area (Å²) in [5.74, 6) is -5.00. The standard InChI is InChI=1S/C11H11F3N2O.ClH/c1-16(6-4-15-5-6)11(17)7-2-3-8(12)10(14)9(7)13;/h2-3,6,15H,4-5H2,1H3;1H. The van der Waals surface area contributed by atoms with Gasteiger partial charge in [-0.15, -0.1) is 12.4 Å². The molecule has 1 saturated heterocycles. The number of nitrogens with one attached hydrogen (secondary N) is 1. The predicted molar refractivity (Wildman–Crippen MR) is 62.3 cm³/mol. The molecule has 3 nitrogen and oxygen atoms in total. The van der Waals surface area contributed by atoms with Gasteiger partial charge in [0.05, 0.1) is 11.6 Å². The molecule has 0 unspecified atom stereocenters. The summed E-state index contributed by atoms with van der Waals surface area (Å²) in [7, 11) is 1.51. The minimum Gasteiger partial charge on any atom is -0.336 e. The molecule has 0 aromatic heterocycles. The lowest BCUT2D eigenvalue weighted by molar-refractivity contribution is 0.0675. The Kier molecular flexibility index (Phi) is 4.59. The number of amides is 1. The van der Waals surface area contributed by atoms with Crippen LogP contribution in [-0.2, 0) is 0 Å². The first kappa shape index (κ1) is 14.8. The van der Waals surface area contributed by atoms with Gasteiger partial charge in [-0.05, 0) is 12.1 Å². The monoisotopic (exact) mass is 280 g/mol. The zero-order chi connectivity index (χ0) is 12.6. The first-order chi connectivity index (χ1) is 8.02. The minimum absolute atomic E-state index is 0. The quantitative estimate of drug-likeness (QED) is 0.834. The summed E-state index contributed by atoms with van der Waals surface area (Å²) in [5, 5.41) is 2.96. The first-order valence-electron chi connectivity index (χ1n) is 5.13. The van der Waals surface area contributed by atoms with Crippen molar-refractivity contribution in [1.29, 1.82) is 0 Å². The number of likely N-dealkylation sites (N-methyl/N-ethyl adjacent to an activating group) is 1. The summed E-state index contributed by atoms with van der Waals surface area (Å²) in [6.07, 6.45) is 0. The zero-order valence-electron chi connectivity index (χ0n) is 9.54. The van der Waals surface area contributed by atoms with Gasteiger partial charge in [-0.3, -0.25) is 4.79 Å². The molecular formula is C11H12ClF3N2O. The van der Waals surface area contributed by atoms with Gasteiger partial charge in [0.2, 0.25) is 0 Å². The highest BCUT2D eigenvalue weighted by molar-refractivity contribution is 5.94. The van der Waals surface area contributed by atoms with Crippen LogP contribution in [0.2, 0.25) is 0 Å². The highest BCUT2D eigenvalue weighted by Gasteiger charge is 2.28. The van der Waals surface area contributed by atoms with Crippen molar-refractivity contribution >= 4 is 18.3 Å². The van der Waals surface area contributed by atoms with Gasteiger partial charge >= 0.3 is 0 Å². The fraction of sp³-hybridized carbons (Fsp3) is 0.364. The maximum absolute atomic E-state index is 13.4. The van der Waals surface area contributed by atoms with Gasteiger partial charge in [-0.2, -0.15) is 0 Å². The molecule has 1 N–H and O–H groups in total. The van der Waals surface area contributed by atoms with Crippen LogP contribution in [-0.4, -0.2) is 37.0 Å². The Bertz CT molecular complexity index is 466. The van der Waals surface area contributed by atoms with Crippen LogP contribution in [0.25, 0.3) is 0 Å². The Morgan fingerprint density at radius 2 is 1.89 bits per heavy atom. The number of nitrogens with zero attached hydrogens (tertiary/aromatic N) is 1. The summed E-state index contributed by atoms with van der Waals surface area (Å²) in [6.45, 7) is 1.24. The minimum atomic E-state index is -1.61. The van der Waals surface area contributed by atoms with Crippen LogP contribution >= 0.6 is 12.4 Å². The zero-order valence-corrected chi connectivity index (χ0v) is 10.4. The maximum Gasteiger partial charge on any atom is 0.257 e. The van der Waals surface area contributed by atoms with Crippen LogP contribution in [0.1, 0.15) is 10.4 Å². The highest BCUT2D eigenvalue weighted by atomic mass is 35.5. The Morgan fingerprint density at radius 3 is 2.39 bits per heavy atom. The number of carbonyl (C=O) groups excluding carboxylic acids is 1. The van der Waals surface area contributed by atoms with Crippen molar-refractivity contribution in [2.45, 2.75) is 6.04 Å². The lowest BCUT2D eigenvalue weighted by Gasteiger charge is -2.35. The third-order valence-electron chi connectivity index (χ3n) is 2.89. The normalized spacial score (nSPS) is 14.7. The molecule has 2 rings (SSSR count). The van der Waals surface area contributed by atoms with Crippen molar-refractivity contribution in [3.63, 3.8) is 0 Å². The van der Waals surface area contributed by atoms with Gasteiger partial charge in [-0.1, -0.05) is 0 Å². The second kappa shape index (κ2) is 5.58. The van der Waals surface area contributed by atoms with E-state index < -0.39 is 28.9 Å². The van der Waals surface area contributed by atoms with Crippen molar-refractivity contribution in [1.82, 2.24) is 10.2 Å². The summed E-state index contributed by atoms with van der Waals surface area (Å²) >= 11 is 0. The summed E-state index contributed by atoms with van der Waals surface area (Å²) in [5.41, 5.74) is -0.446. The smallest absolute Gasteiger partial charge is 0.257 e. The van der Waals surface area contributed by atoms with E-state index >= 15 is 0 Å². The molecule has 1 aromatic rings. The maximum atomic E-state index is 13.4. The van der Waals surface area contributed by atoms with E-state index in [2.05, 4.69) is 5.32 Å². The van der Waals surface area contributed by atoms with Crippen LogP contribution in [0.5, 0.6) is 0 Å². The van der Waals surface area contributed by atoms with Crippen molar-refractivity contribution in [3.05, 3.63) is 35.1 Å². The molecule has 1 aliphatic heterocycles. The molecular weight excluding hydrogens is 269 g/mol. The molecule has 1 amide bonds. The van der Waals surface area contributed by atoms with Crippen LogP contribution in [0.15, 0.2) is 12.1 Å². The molecule has 7 heteroatoms. The second-order valence-electron chi connectivity index (χ2n) is 3.95. The fourth-order valence-electron chi connectivity index (χ4n) is 1.59. The molecule has 1 heterocycles. The van der Waals surface area contributed by atoms with E-state index in [1.807, 2.05) is 0 Å². The van der Waals surface area contributed by atoms with Crippen LogP contribution in [0.3, 0.4) is 0 Å². The van der Waals surface area contributed by atoms with E-state index in [0.29, 0.717) is 13.1 Å². The van der Waals surface area contributed by atoms with Crippen molar-refractivity contribution in [2.24, 2.45) is 0 Å². The van der Waals surface area contributed by atoms with E-state index in [4.69, 9.17) is 0 Å². The van der Waals surface area contributed by atoms with Gasteiger partial charge in [0.1, 0.15) is 0 Å². The van der Waals surface area contributed by atoms with E-state index in [0.717, 1.165) is 12.1 Å². The summed E-state index contributed by atoms with van der Waals surface area (Å²) < 4.78 is 39.1. The second-order valence-corrected chi connectivity index (χ2v) is 3.95. The number of hydrogen-bond donors (Lipinski definition) is 1. The van der Waals surface area contributed by atoms with Crippen molar-refractivity contribution < 1.29 is 18.0 Å². The summed E-state index contributed by atoms with van der Waals surface area (Å²) in [4.78, 5) is 13.2. The van der Waals surface area contributed by atoms with Crippen LogP contribution < -0.4 is 5.32 Å². The van der Waals surface area contributed by atoms with Crippen molar-refractivity contribution in [2.75, 3.05) is 20.1 Å². The number of hydrogen-bond acceptors (Lipinski definition) is 2. The van der Waals surface area contributed by atoms with Gasteiger partial charge in [0.15, 0.2) is 17.5 Å². The molecule has 1 fully saturated rings. The number of rotatable bonds is 2. The summed E-state index contributed by atoms with van der Waals surface area (Å²) in [6, 6.07) is 1.67. The molecule has 1 aliphatic rings. The SMILES string of the molecule is CN(C(=O)c1ccc(F)c(F)c1F)C1CNC1.Cl. The molecule has 0 saturated carbocycles. The predicted octanol–water partition coefficient (Wildman–Crippen LogP) is 1.57. The number of halogens is 4. The molecule has 0 aliphatic carbocycles. The van der Waals surface area contributed by atoms with Gasteiger partial charge in [0.25, 0.3) is 5.91 Å². The van der Waals surface area contributed by atoms with Crippen LogP contribution in [0.4, 0.5) is 13.2 Å². The molecule has 0 radical (unpaired) electrons. The fourth-order valence-corrected chi connectivity index (χ4v) is 1.59. The van der Waals surface area contributed by atoms with Gasteiger partial charge < -0.3 is 10.2 Å². The molecule has 100 valence electrons. The van der Waals surface area contributed by atoms with Crippen LogP contribution in [0, 0.1) is 17.5 Å². The Morgan fingerprint density at radius 1 is 1.28 bits per heavy atom. The van der Waals surface area contributed by atoms with E-state index in [9.17, 15) is 18.0 Å². The van der Waals surface area contributed by atoms with Crippen molar-refractivity contribution in [3.8, 4) is 0 Å². The number of carbonyl (C=O) groups is 1. The van der Waals surface area contributed by atoms with Gasteiger partial charge in [0, 0.05) is 20.1 Å². The molecule has 0 spiro atoms. The van der Waals surface area contributed by atoms with E-state index in [1.54, 1.807) is 0 Å². The third kappa shape index (κ3) is 2.44. The third-order valence-corrected chi connectivity index (χ3v) is 2.89. The lowest BCUT2D eigenvalue weighted by atomic mass is 10.1. The Hall–Kier alpha value is -1.27. The van der Waals surface area contributed by atoms with E-state index in [1.165, 1.54) is 11.9 Å². The number of benzene rings is 1. The average Bonchev–Trinajstić information content (AvgIpc) is 2.23.